The monoisotopic (exact) mass is 356 g/mol. The van der Waals surface area contributed by atoms with Gasteiger partial charge in [-0.3, -0.25) is 9.48 Å². The number of nitrogens with zero attached hydrogens (tertiary/aromatic N) is 6. The van der Waals surface area contributed by atoms with Gasteiger partial charge >= 0.3 is 0 Å². The number of carbonyl (C=O) groups excluding carboxylic acids is 1. The van der Waals surface area contributed by atoms with Crippen LogP contribution < -0.4 is 4.90 Å². The molecule has 0 radical (unpaired) electrons. The molecule has 0 N–H and O–H groups in total. The molecule has 3 heterocycles. The molecule has 7 nitrogen and oxygen atoms in total. The Labute approximate surface area is 155 Å². The van der Waals surface area contributed by atoms with E-state index in [1.54, 1.807) is 10.9 Å². The molecule has 1 amide bonds. The molecular weight excluding hydrogens is 328 g/mol. The zero-order valence-corrected chi connectivity index (χ0v) is 16.1. The third-order valence-corrected chi connectivity index (χ3v) is 5.10. The van der Waals surface area contributed by atoms with E-state index in [0.717, 1.165) is 55.4 Å². The van der Waals surface area contributed by atoms with Crippen LogP contribution in [0.15, 0.2) is 18.5 Å². The van der Waals surface area contributed by atoms with Gasteiger partial charge < -0.3 is 9.80 Å². The van der Waals surface area contributed by atoms with Crippen molar-refractivity contribution in [2.45, 2.75) is 46.6 Å². The van der Waals surface area contributed by atoms with Crippen molar-refractivity contribution in [3.63, 3.8) is 0 Å². The predicted molar refractivity (Wildman–Crippen MR) is 101 cm³/mol. The van der Waals surface area contributed by atoms with E-state index in [4.69, 9.17) is 0 Å². The highest BCUT2D eigenvalue weighted by Crippen LogP contribution is 2.22. The van der Waals surface area contributed by atoms with Crippen molar-refractivity contribution in [2.75, 3.05) is 31.1 Å². The van der Waals surface area contributed by atoms with Crippen LogP contribution in [0, 0.1) is 20.8 Å². The van der Waals surface area contributed by atoms with Crippen LogP contribution in [0.5, 0.6) is 0 Å². The number of aryl methyl sites for hydroxylation is 2. The maximum Gasteiger partial charge on any atom is 0.247 e. The minimum Gasteiger partial charge on any atom is -0.354 e. The maximum atomic E-state index is 13.0. The number of carbonyl (C=O) groups is 1. The van der Waals surface area contributed by atoms with Gasteiger partial charge in [0.05, 0.1) is 0 Å². The molecular formula is C19H28N6O. The minimum absolute atomic E-state index is 0.157. The summed E-state index contributed by atoms with van der Waals surface area (Å²) in [6.07, 6.45) is 5.27. The van der Waals surface area contributed by atoms with Crippen LogP contribution >= 0.6 is 0 Å². The molecule has 26 heavy (non-hydrogen) atoms. The average Bonchev–Trinajstić information content (AvgIpc) is 3.02. The Balaban J connectivity index is 1.73. The summed E-state index contributed by atoms with van der Waals surface area (Å²) in [5.74, 6) is 1.96. The molecule has 1 aliphatic heterocycles. The fourth-order valence-electron chi connectivity index (χ4n) is 3.56. The normalized spacial score (nSPS) is 16.5. The van der Waals surface area contributed by atoms with Crippen molar-refractivity contribution in [2.24, 2.45) is 0 Å². The molecule has 1 saturated heterocycles. The molecule has 0 aromatic carbocycles. The Morgan fingerprint density at radius 3 is 2.65 bits per heavy atom. The Bertz CT molecular complexity index is 758. The van der Waals surface area contributed by atoms with Crippen molar-refractivity contribution >= 4 is 11.7 Å². The highest BCUT2D eigenvalue weighted by Gasteiger charge is 2.27. The van der Waals surface area contributed by atoms with Gasteiger partial charge in [0.15, 0.2) is 0 Å². The van der Waals surface area contributed by atoms with Crippen molar-refractivity contribution in [1.29, 1.82) is 0 Å². The Kier molecular flexibility index (Phi) is 5.54. The molecule has 0 spiro atoms. The highest BCUT2D eigenvalue weighted by molar-refractivity contribution is 5.80. The lowest BCUT2D eigenvalue weighted by Crippen LogP contribution is -2.40. The molecule has 1 atom stereocenters. The van der Waals surface area contributed by atoms with E-state index in [1.807, 2.05) is 37.9 Å². The first kappa shape index (κ1) is 18.4. The molecule has 1 unspecified atom stereocenters. The first-order chi connectivity index (χ1) is 12.5. The predicted octanol–water partition coefficient (Wildman–Crippen LogP) is 2.29. The van der Waals surface area contributed by atoms with Crippen molar-refractivity contribution in [3.8, 4) is 0 Å². The first-order valence-electron chi connectivity index (χ1n) is 9.36. The van der Waals surface area contributed by atoms with Gasteiger partial charge in [0.25, 0.3) is 0 Å². The first-order valence-corrected chi connectivity index (χ1v) is 9.36. The zero-order chi connectivity index (χ0) is 18.7. The van der Waals surface area contributed by atoms with Crippen LogP contribution in [0.2, 0.25) is 0 Å². The second-order valence-electron chi connectivity index (χ2n) is 6.88. The van der Waals surface area contributed by atoms with Crippen molar-refractivity contribution in [1.82, 2.24) is 24.6 Å². The van der Waals surface area contributed by atoms with E-state index >= 15 is 0 Å². The zero-order valence-electron chi connectivity index (χ0n) is 16.1. The number of hydrogen-bond donors (Lipinski definition) is 0. The largest absolute Gasteiger partial charge is 0.354 e. The Hall–Kier alpha value is -2.44. The van der Waals surface area contributed by atoms with E-state index in [2.05, 4.69) is 26.9 Å². The molecule has 1 aliphatic rings. The number of hydrogen-bond acceptors (Lipinski definition) is 5. The maximum absolute atomic E-state index is 13.0. The summed E-state index contributed by atoms with van der Waals surface area (Å²) in [5, 5.41) is 4.26. The lowest BCUT2D eigenvalue weighted by molar-refractivity contribution is -0.135. The Morgan fingerprint density at radius 1 is 1.15 bits per heavy atom. The Morgan fingerprint density at radius 2 is 1.96 bits per heavy atom. The van der Waals surface area contributed by atoms with Gasteiger partial charge in [0, 0.05) is 49.8 Å². The van der Waals surface area contributed by atoms with Crippen molar-refractivity contribution < 1.29 is 4.79 Å². The second kappa shape index (κ2) is 7.85. The molecule has 1 fully saturated rings. The SMILES string of the molecule is CCC(C(=O)N1CCCN(c2nc(C)nc(C)c2C)CC1)n1cccn1. The van der Waals surface area contributed by atoms with Crippen LogP contribution in [-0.4, -0.2) is 56.7 Å². The van der Waals surface area contributed by atoms with Crippen LogP contribution in [-0.2, 0) is 4.79 Å². The number of rotatable bonds is 4. The lowest BCUT2D eigenvalue weighted by Gasteiger charge is -2.27. The van der Waals surface area contributed by atoms with E-state index < -0.39 is 0 Å². The third kappa shape index (κ3) is 3.71. The molecule has 0 bridgehead atoms. The number of aromatic nitrogens is 4. The van der Waals surface area contributed by atoms with E-state index in [-0.39, 0.29) is 11.9 Å². The standard InChI is InChI=1S/C19H28N6O/c1-5-17(25-11-6-8-20-25)19(26)24-10-7-9-23(12-13-24)18-14(2)15(3)21-16(4)22-18/h6,8,11,17H,5,7,9-10,12-13H2,1-4H3. The minimum atomic E-state index is -0.221. The molecule has 140 valence electrons. The summed E-state index contributed by atoms with van der Waals surface area (Å²) in [6, 6.07) is 1.64. The topological polar surface area (TPSA) is 67.2 Å². The van der Waals surface area contributed by atoms with Crippen LogP contribution in [0.4, 0.5) is 5.82 Å². The number of amides is 1. The summed E-state index contributed by atoms with van der Waals surface area (Å²) in [5.41, 5.74) is 2.15. The molecule has 3 rings (SSSR count). The quantitative estimate of drug-likeness (QED) is 0.841. The molecule has 0 saturated carbocycles. The van der Waals surface area contributed by atoms with Crippen LogP contribution in [0.3, 0.4) is 0 Å². The lowest BCUT2D eigenvalue weighted by atomic mass is 10.2. The van der Waals surface area contributed by atoms with Crippen LogP contribution in [0.1, 0.15) is 42.9 Å². The van der Waals surface area contributed by atoms with Gasteiger partial charge in [0.2, 0.25) is 5.91 Å². The number of anilines is 1. The third-order valence-electron chi connectivity index (χ3n) is 5.10. The fourth-order valence-corrected chi connectivity index (χ4v) is 3.56. The summed E-state index contributed by atoms with van der Waals surface area (Å²) in [6.45, 7) is 11.2. The summed E-state index contributed by atoms with van der Waals surface area (Å²) < 4.78 is 1.77. The smallest absolute Gasteiger partial charge is 0.247 e. The van der Waals surface area contributed by atoms with Gasteiger partial charge in [-0.05, 0) is 39.7 Å². The van der Waals surface area contributed by atoms with Crippen LogP contribution in [0.25, 0.3) is 0 Å². The molecule has 2 aromatic heterocycles. The fraction of sp³-hybridized carbons (Fsp3) is 0.579. The van der Waals surface area contributed by atoms with E-state index in [0.29, 0.717) is 6.54 Å². The molecule has 7 heteroatoms. The van der Waals surface area contributed by atoms with Gasteiger partial charge in [-0.25, -0.2) is 9.97 Å². The van der Waals surface area contributed by atoms with Crippen molar-refractivity contribution in [3.05, 3.63) is 35.5 Å². The second-order valence-corrected chi connectivity index (χ2v) is 6.88. The summed E-state index contributed by atoms with van der Waals surface area (Å²) in [4.78, 5) is 26.4. The summed E-state index contributed by atoms with van der Waals surface area (Å²) >= 11 is 0. The van der Waals surface area contributed by atoms with E-state index in [1.165, 1.54) is 0 Å². The van der Waals surface area contributed by atoms with Gasteiger partial charge in [0.1, 0.15) is 17.7 Å². The van der Waals surface area contributed by atoms with Gasteiger partial charge in [-0.1, -0.05) is 6.92 Å². The highest BCUT2D eigenvalue weighted by atomic mass is 16.2. The summed E-state index contributed by atoms with van der Waals surface area (Å²) in [7, 11) is 0. The van der Waals surface area contributed by atoms with E-state index in [9.17, 15) is 4.79 Å². The average molecular weight is 356 g/mol. The molecule has 2 aromatic rings. The van der Waals surface area contributed by atoms with Gasteiger partial charge in [-0.2, -0.15) is 5.10 Å². The van der Waals surface area contributed by atoms with Gasteiger partial charge in [-0.15, -0.1) is 0 Å². The molecule has 0 aliphatic carbocycles.